The Bertz CT molecular complexity index is 442. The Morgan fingerprint density at radius 1 is 1.29 bits per heavy atom. The van der Waals surface area contributed by atoms with Crippen LogP contribution >= 0.6 is 15.9 Å². The molecular formula is C12H13BrO. The van der Waals surface area contributed by atoms with Gasteiger partial charge in [-0.15, -0.1) is 0 Å². The van der Waals surface area contributed by atoms with E-state index in [0.717, 1.165) is 10.9 Å². The molecule has 74 valence electrons. The third-order valence-electron chi connectivity index (χ3n) is 2.57. The molecule has 1 heterocycles. The van der Waals surface area contributed by atoms with Gasteiger partial charge in [0, 0.05) is 10.7 Å². The van der Waals surface area contributed by atoms with Gasteiger partial charge in [0.15, 0.2) is 0 Å². The van der Waals surface area contributed by atoms with E-state index >= 15 is 0 Å². The second-order valence-electron chi connectivity index (χ2n) is 4.19. The first-order valence-electron chi connectivity index (χ1n) is 4.67. The van der Waals surface area contributed by atoms with Crippen molar-refractivity contribution in [3.8, 4) is 0 Å². The van der Waals surface area contributed by atoms with Crippen molar-refractivity contribution in [1.82, 2.24) is 0 Å². The fourth-order valence-electron chi connectivity index (χ4n) is 1.46. The highest BCUT2D eigenvalue weighted by molar-refractivity contribution is 9.09. The Balaban J connectivity index is 2.53. The molecule has 0 N–H and O–H groups in total. The van der Waals surface area contributed by atoms with Gasteiger partial charge >= 0.3 is 0 Å². The highest BCUT2D eigenvalue weighted by atomic mass is 79.9. The third kappa shape index (κ3) is 1.59. The first-order valence-corrected chi connectivity index (χ1v) is 5.79. The van der Waals surface area contributed by atoms with Gasteiger partial charge in [0.25, 0.3) is 0 Å². The molecule has 0 fully saturated rings. The largest absolute Gasteiger partial charge is 0.464 e. The zero-order valence-electron chi connectivity index (χ0n) is 8.38. The van der Waals surface area contributed by atoms with Crippen LogP contribution in [-0.4, -0.2) is 5.33 Å². The van der Waals surface area contributed by atoms with Crippen LogP contribution in [0.3, 0.4) is 0 Å². The lowest BCUT2D eigenvalue weighted by molar-refractivity contribution is 0.603. The third-order valence-corrected chi connectivity index (χ3v) is 3.97. The topological polar surface area (TPSA) is 13.1 Å². The summed E-state index contributed by atoms with van der Waals surface area (Å²) in [5.74, 6) is 0. The smallest absolute Gasteiger partial charge is 0.133 e. The van der Waals surface area contributed by atoms with Crippen molar-refractivity contribution in [3.05, 3.63) is 36.1 Å². The Kier molecular flexibility index (Phi) is 2.40. The fourth-order valence-corrected chi connectivity index (χ4v) is 1.79. The molecule has 0 saturated carbocycles. The Labute approximate surface area is 92.2 Å². The minimum atomic E-state index is 0.172. The molecule has 0 spiro atoms. The first kappa shape index (κ1) is 9.78. The van der Waals surface area contributed by atoms with Gasteiger partial charge in [-0.3, -0.25) is 0 Å². The van der Waals surface area contributed by atoms with Crippen LogP contribution in [-0.2, 0) is 5.41 Å². The lowest BCUT2D eigenvalue weighted by atomic mass is 9.86. The van der Waals surface area contributed by atoms with Crippen molar-refractivity contribution in [2.75, 3.05) is 5.33 Å². The molecule has 0 bridgehead atoms. The van der Waals surface area contributed by atoms with E-state index in [9.17, 15) is 0 Å². The summed E-state index contributed by atoms with van der Waals surface area (Å²) in [7, 11) is 0. The van der Waals surface area contributed by atoms with Gasteiger partial charge in [-0.1, -0.05) is 35.8 Å². The van der Waals surface area contributed by atoms with E-state index in [1.165, 1.54) is 10.9 Å². The zero-order chi connectivity index (χ0) is 10.2. The molecule has 0 atom stereocenters. The molecule has 1 aromatic heterocycles. The highest BCUT2D eigenvalue weighted by Crippen LogP contribution is 2.28. The summed E-state index contributed by atoms with van der Waals surface area (Å²) in [6.45, 7) is 4.45. The lowest BCUT2D eigenvalue weighted by Gasteiger charge is -2.22. The maximum Gasteiger partial charge on any atom is 0.133 e. The number of rotatable bonds is 2. The highest BCUT2D eigenvalue weighted by Gasteiger charge is 2.19. The minimum absolute atomic E-state index is 0.172. The van der Waals surface area contributed by atoms with E-state index in [1.807, 2.05) is 12.1 Å². The average Bonchev–Trinajstić information content (AvgIpc) is 2.64. The van der Waals surface area contributed by atoms with E-state index < -0.39 is 0 Å². The van der Waals surface area contributed by atoms with Crippen molar-refractivity contribution < 1.29 is 4.42 Å². The van der Waals surface area contributed by atoms with Crippen molar-refractivity contribution in [2.45, 2.75) is 19.3 Å². The number of hydrogen-bond acceptors (Lipinski definition) is 1. The molecule has 0 radical (unpaired) electrons. The molecule has 2 rings (SSSR count). The molecule has 0 unspecified atom stereocenters. The van der Waals surface area contributed by atoms with Crippen molar-refractivity contribution in [3.63, 3.8) is 0 Å². The van der Waals surface area contributed by atoms with E-state index in [4.69, 9.17) is 4.42 Å². The van der Waals surface area contributed by atoms with Crippen molar-refractivity contribution in [2.24, 2.45) is 0 Å². The summed E-state index contributed by atoms with van der Waals surface area (Å²) in [4.78, 5) is 0. The molecule has 0 aliphatic rings. The Hall–Kier alpha value is -0.760. The molecule has 0 saturated heterocycles. The zero-order valence-corrected chi connectivity index (χ0v) is 9.97. The second kappa shape index (κ2) is 3.43. The van der Waals surface area contributed by atoms with Crippen LogP contribution < -0.4 is 0 Å². The maximum absolute atomic E-state index is 5.31. The van der Waals surface area contributed by atoms with Gasteiger partial charge in [-0.25, -0.2) is 0 Å². The van der Waals surface area contributed by atoms with Crippen LogP contribution in [0.4, 0.5) is 0 Å². The van der Waals surface area contributed by atoms with Gasteiger partial charge in [0.05, 0.1) is 6.26 Å². The summed E-state index contributed by atoms with van der Waals surface area (Å²) in [5.41, 5.74) is 2.47. The number of halogens is 1. The number of hydrogen-bond donors (Lipinski definition) is 0. The predicted molar refractivity (Wildman–Crippen MR) is 63.0 cm³/mol. The van der Waals surface area contributed by atoms with Crippen molar-refractivity contribution in [1.29, 1.82) is 0 Å². The fraction of sp³-hybridized carbons (Fsp3) is 0.333. The SMILES string of the molecule is CC(C)(CBr)c1ccc2occc2c1. The van der Waals surface area contributed by atoms with Crippen LogP contribution in [0, 0.1) is 0 Å². The lowest BCUT2D eigenvalue weighted by Crippen LogP contribution is -2.18. The maximum atomic E-state index is 5.31. The van der Waals surface area contributed by atoms with Crippen LogP contribution in [0.1, 0.15) is 19.4 Å². The number of benzene rings is 1. The van der Waals surface area contributed by atoms with E-state index in [2.05, 4.69) is 41.9 Å². The van der Waals surface area contributed by atoms with Gasteiger partial charge < -0.3 is 4.42 Å². The molecule has 2 aromatic rings. The summed E-state index contributed by atoms with van der Waals surface area (Å²) in [6.07, 6.45) is 1.73. The summed E-state index contributed by atoms with van der Waals surface area (Å²) in [6, 6.07) is 8.37. The number of fused-ring (bicyclic) bond motifs is 1. The monoisotopic (exact) mass is 252 g/mol. The predicted octanol–water partition coefficient (Wildman–Crippen LogP) is 4.11. The van der Waals surface area contributed by atoms with Gasteiger partial charge in [-0.05, 0) is 29.2 Å². The normalized spacial score (nSPS) is 12.2. The molecule has 0 aliphatic carbocycles. The van der Waals surface area contributed by atoms with E-state index in [-0.39, 0.29) is 5.41 Å². The van der Waals surface area contributed by atoms with E-state index in [1.54, 1.807) is 6.26 Å². The van der Waals surface area contributed by atoms with Gasteiger partial charge in [0.1, 0.15) is 5.58 Å². The Morgan fingerprint density at radius 2 is 2.07 bits per heavy atom. The molecule has 1 aromatic carbocycles. The molecule has 0 amide bonds. The number of furan rings is 1. The van der Waals surface area contributed by atoms with Crippen LogP contribution in [0.5, 0.6) is 0 Å². The van der Waals surface area contributed by atoms with Crippen LogP contribution in [0.2, 0.25) is 0 Å². The Morgan fingerprint density at radius 3 is 2.79 bits per heavy atom. The first-order chi connectivity index (χ1) is 6.63. The standard InChI is InChI=1S/C12H13BrO/c1-12(2,8-13)10-3-4-11-9(7-10)5-6-14-11/h3-7H,8H2,1-2H3. The molecule has 1 nitrogen and oxygen atoms in total. The van der Waals surface area contributed by atoms with Crippen LogP contribution in [0.25, 0.3) is 11.0 Å². The quantitative estimate of drug-likeness (QED) is 0.734. The van der Waals surface area contributed by atoms with Crippen molar-refractivity contribution >= 4 is 26.9 Å². The van der Waals surface area contributed by atoms with Gasteiger partial charge in [-0.2, -0.15) is 0 Å². The van der Waals surface area contributed by atoms with Crippen LogP contribution in [0.15, 0.2) is 34.9 Å². The van der Waals surface area contributed by atoms with E-state index in [0.29, 0.717) is 0 Å². The second-order valence-corrected chi connectivity index (χ2v) is 4.75. The average molecular weight is 253 g/mol. The molecule has 0 aliphatic heterocycles. The molecule has 14 heavy (non-hydrogen) atoms. The summed E-state index contributed by atoms with van der Waals surface area (Å²) >= 11 is 3.54. The molecule has 2 heteroatoms. The van der Waals surface area contributed by atoms with Gasteiger partial charge in [0.2, 0.25) is 0 Å². The molecular weight excluding hydrogens is 240 g/mol. The number of alkyl halides is 1. The summed E-state index contributed by atoms with van der Waals surface area (Å²) in [5, 5.41) is 2.14. The summed E-state index contributed by atoms with van der Waals surface area (Å²) < 4.78 is 5.31. The minimum Gasteiger partial charge on any atom is -0.464 e.